The Morgan fingerprint density at radius 3 is 2.00 bits per heavy atom. The van der Waals surface area contributed by atoms with Crippen LogP contribution < -0.4 is 21.3 Å². The van der Waals surface area contributed by atoms with E-state index >= 15 is 0 Å². The minimum Gasteiger partial charge on any atom is -0.361 e. The van der Waals surface area contributed by atoms with E-state index in [0.717, 1.165) is 16.5 Å². The largest absolute Gasteiger partial charge is 0.361 e. The van der Waals surface area contributed by atoms with E-state index in [0.29, 0.717) is 19.4 Å². The summed E-state index contributed by atoms with van der Waals surface area (Å²) in [6, 6.07) is 5.20. The van der Waals surface area contributed by atoms with Crippen molar-refractivity contribution in [3.05, 3.63) is 36.0 Å². The fraction of sp³-hybridized carbons (Fsp3) is 0.636. The number of rotatable bonds is 16. The number of nitrogens with one attached hydrogen (secondary N) is 5. The van der Waals surface area contributed by atoms with E-state index in [-0.39, 0.29) is 41.4 Å². The minimum absolute atomic E-state index is 0.0351. The van der Waals surface area contributed by atoms with Crippen molar-refractivity contribution in [1.29, 1.82) is 0 Å². The van der Waals surface area contributed by atoms with Crippen molar-refractivity contribution in [2.24, 2.45) is 23.7 Å². The number of hydrogen-bond acceptors (Lipinski definition) is 5. The monoisotopic (exact) mass is 598 g/mol. The molecule has 4 unspecified atom stereocenters. The molecule has 0 spiro atoms. The van der Waals surface area contributed by atoms with E-state index < -0.39 is 30.1 Å². The molecule has 0 aliphatic carbocycles. The van der Waals surface area contributed by atoms with Crippen LogP contribution in [-0.2, 0) is 25.6 Å². The van der Waals surface area contributed by atoms with Crippen LogP contribution >= 0.6 is 0 Å². The maximum Gasteiger partial charge on any atom is 0.245 e. The molecule has 0 radical (unpaired) electrons. The van der Waals surface area contributed by atoms with Gasteiger partial charge in [0.1, 0.15) is 18.1 Å². The molecular formula is C33H54N6O4. The molecule has 0 saturated heterocycles. The molecule has 1 heterocycles. The number of likely N-dealkylation sites (N-methyl/N-ethyl adjacent to an activating group) is 2. The van der Waals surface area contributed by atoms with Crippen LogP contribution in [0.25, 0.3) is 10.9 Å². The number of carbonyl (C=O) groups excluding carboxylic acids is 4. The third-order valence-corrected chi connectivity index (χ3v) is 7.86. The van der Waals surface area contributed by atoms with Gasteiger partial charge in [-0.05, 0) is 55.2 Å². The average molecular weight is 599 g/mol. The highest BCUT2D eigenvalue weighted by Gasteiger charge is 2.37. The topological polar surface area (TPSA) is 135 Å². The molecule has 240 valence electrons. The lowest BCUT2D eigenvalue weighted by atomic mass is 9.96. The maximum absolute atomic E-state index is 13.8. The molecule has 2 rings (SSSR count). The first-order valence-electron chi connectivity index (χ1n) is 15.6. The van der Waals surface area contributed by atoms with Crippen molar-refractivity contribution < 1.29 is 19.2 Å². The Bertz CT molecular complexity index is 1220. The number of fused-ring (bicyclic) bond motifs is 1. The van der Waals surface area contributed by atoms with Gasteiger partial charge in [-0.3, -0.25) is 19.2 Å². The lowest BCUT2D eigenvalue weighted by Crippen LogP contribution is -2.60. The molecule has 43 heavy (non-hydrogen) atoms. The fourth-order valence-corrected chi connectivity index (χ4v) is 5.54. The van der Waals surface area contributed by atoms with E-state index in [1.807, 2.05) is 85.9 Å². The molecule has 0 bridgehead atoms. The zero-order valence-corrected chi connectivity index (χ0v) is 27.7. The Kier molecular flexibility index (Phi) is 13.7. The van der Waals surface area contributed by atoms with Crippen LogP contribution in [-0.4, -0.2) is 78.3 Å². The first-order chi connectivity index (χ1) is 20.2. The van der Waals surface area contributed by atoms with Gasteiger partial charge in [0.15, 0.2) is 0 Å². The van der Waals surface area contributed by atoms with Crippen LogP contribution in [0.1, 0.15) is 67.4 Å². The summed E-state index contributed by atoms with van der Waals surface area (Å²) in [6.07, 6.45) is 3.03. The SMILES string of the molecule is CNC(C(=O)NC(CC(C)C)C(=O)NC(C(=O)N(C)C(C(=O)NCCc1c[nH]c2ccccc12)C(C)C)C(C)C)C(C)C. The standard InChI is InChI=1S/C33H54N6O4/c1-19(2)17-26(37-31(41)27(34-9)20(3)4)30(40)38-28(21(5)6)33(43)39(10)29(22(7)8)32(42)35-16-15-23-18-36-25-14-12-11-13-24(23)25/h11-14,18-22,26-29,34,36H,15-17H2,1-10H3,(H,35,42)(H,37,41)(H,38,40). The summed E-state index contributed by atoms with van der Waals surface area (Å²) in [4.78, 5) is 58.4. The fourth-order valence-electron chi connectivity index (χ4n) is 5.54. The summed E-state index contributed by atoms with van der Waals surface area (Å²) in [5.41, 5.74) is 2.16. The van der Waals surface area contributed by atoms with Crippen LogP contribution in [0.5, 0.6) is 0 Å². The molecule has 4 atom stereocenters. The van der Waals surface area contributed by atoms with Gasteiger partial charge < -0.3 is 31.2 Å². The average Bonchev–Trinajstić information content (AvgIpc) is 3.33. The number of aromatic amines is 1. The summed E-state index contributed by atoms with van der Waals surface area (Å²) in [5.74, 6) is -1.49. The molecule has 2 aromatic rings. The zero-order chi connectivity index (χ0) is 32.4. The summed E-state index contributed by atoms with van der Waals surface area (Å²) in [7, 11) is 3.33. The van der Waals surface area contributed by atoms with E-state index in [1.165, 1.54) is 4.90 Å². The van der Waals surface area contributed by atoms with Gasteiger partial charge in [0.25, 0.3) is 0 Å². The highest BCUT2D eigenvalue weighted by atomic mass is 16.2. The number of H-pyrrole nitrogens is 1. The van der Waals surface area contributed by atoms with Crippen molar-refractivity contribution in [2.45, 2.75) is 92.4 Å². The van der Waals surface area contributed by atoms with Gasteiger partial charge in [0, 0.05) is 30.7 Å². The predicted molar refractivity (Wildman–Crippen MR) is 172 cm³/mol. The second-order valence-electron chi connectivity index (χ2n) is 13.0. The number of nitrogens with zero attached hydrogens (tertiary/aromatic N) is 1. The Balaban J connectivity index is 2.13. The quantitative estimate of drug-likeness (QED) is 0.202. The highest BCUT2D eigenvalue weighted by Crippen LogP contribution is 2.19. The van der Waals surface area contributed by atoms with Crippen molar-refractivity contribution in [3.63, 3.8) is 0 Å². The molecule has 0 aliphatic rings. The number of amides is 4. The lowest BCUT2D eigenvalue weighted by molar-refractivity contribution is -0.144. The van der Waals surface area contributed by atoms with E-state index in [9.17, 15) is 19.2 Å². The zero-order valence-electron chi connectivity index (χ0n) is 27.7. The third-order valence-electron chi connectivity index (χ3n) is 7.86. The molecule has 1 aromatic heterocycles. The summed E-state index contributed by atoms with van der Waals surface area (Å²) >= 11 is 0. The second kappa shape index (κ2) is 16.4. The number of aromatic nitrogens is 1. The van der Waals surface area contributed by atoms with Crippen molar-refractivity contribution in [1.82, 2.24) is 31.2 Å². The van der Waals surface area contributed by atoms with Gasteiger partial charge >= 0.3 is 0 Å². The van der Waals surface area contributed by atoms with Gasteiger partial charge in [-0.15, -0.1) is 0 Å². The Morgan fingerprint density at radius 2 is 1.44 bits per heavy atom. The van der Waals surface area contributed by atoms with Crippen LogP contribution in [0.15, 0.2) is 30.5 Å². The van der Waals surface area contributed by atoms with E-state index in [1.54, 1.807) is 14.1 Å². The normalized spacial score (nSPS) is 14.6. The molecule has 0 saturated carbocycles. The van der Waals surface area contributed by atoms with Gasteiger partial charge in [-0.1, -0.05) is 73.6 Å². The van der Waals surface area contributed by atoms with Crippen LogP contribution in [0.3, 0.4) is 0 Å². The molecule has 0 aliphatic heterocycles. The van der Waals surface area contributed by atoms with Crippen LogP contribution in [0, 0.1) is 23.7 Å². The number of carbonyl (C=O) groups is 4. The van der Waals surface area contributed by atoms with E-state index in [2.05, 4.69) is 26.3 Å². The molecule has 1 aromatic carbocycles. The molecular weight excluding hydrogens is 544 g/mol. The smallest absolute Gasteiger partial charge is 0.245 e. The minimum atomic E-state index is -0.866. The third kappa shape index (κ3) is 9.81. The van der Waals surface area contributed by atoms with Crippen molar-refractivity contribution in [3.8, 4) is 0 Å². The van der Waals surface area contributed by atoms with Crippen LogP contribution in [0.2, 0.25) is 0 Å². The number of hydrogen-bond donors (Lipinski definition) is 5. The first-order valence-corrected chi connectivity index (χ1v) is 15.6. The van der Waals surface area contributed by atoms with Crippen molar-refractivity contribution >= 4 is 34.5 Å². The van der Waals surface area contributed by atoms with Gasteiger partial charge in [0.05, 0.1) is 6.04 Å². The first kappa shape index (κ1) is 35.8. The Labute approximate surface area is 257 Å². The second-order valence-corrected chi connectivity index (χ2v) is 13.0. The van der Waals surface area contributed by atoms with Crippen LogP contribution in [0.4, 0.5) is 0 Å². The summed E-state index contributed by atoms with van der Waals surface area (Å²) < 4.78 is 0. The van der Waals surface area contributed by atoms with Gasteiger partial charge in [0.2, 0.25) is 23.6 Å². The predicted octanol–water partition coefficient (Wildman–Crippen LogP) is 3.23. The van der Waals surface area contributed by atoms with Gasteiger partial charge in [-0.25, -0.2) is 0 Å². The summed E-state index contributed by atoms with van der Waals surface area (Å²) in [6.45, 7) is 15.8. The molecule has 10 heteroatoms. The van der Waals surface area contributed by atoms with Gasteiger partial charge in [-0.2, -0.15) is 0 Å². The molecule has 5 N–H and O–H groups in total. The number of benzene rings is 1. The molecule has 4 amide bonds. The number of para-hydroxylation sites is 1. The maximum atomic E-state index is 13.8. The molecule has 0 fully saturated rings. The Morgan fingerprint density at radius 1 is 0.814 bits per heavy atom. The highest BCUT2D eigenvalue weighted by molar-refractivity contribution is 5.95. The Hall–Kier alpha value is -3.40. The molecule has 10 nitrogen and oxygen atoms in total. The van der Waals surface area contributed by atoms with Crippen molar-refractivity contribution in [2.75, 3.05) is 20.6 Å². The van der Waals surface area contributed by atoms with E-state index in [4.69, 9.17) is 0 Å². The summed E-state index contributed by atoms with van der Waals surface area (Å²) in [5, 5.41) is 12.9. The lowest BCUT2D eigenvalue weighted by Gasteiger charge is -2.35.